The van der Waals surface area contributed by atoms with E-state index in [0.717, 1.165) is 41.3 Å². The molecular weight excluding hydrogens is 338 g/mol. The highest BCUT2D eigenvalue weighted by molar-refractivity contribution is 6.30. The van der Waals surface area contributed by atoms with E-state index < -0.39 is 0 Å². The standard InChI is InChI=1S/C19H22ClN3O2/c1-2-25-19(24)23-8-6-22(7-9-23)14-15-10-17(13-21-12-15)16-4-3-5-18(20)11-16/h3-5,10-13H,2,6-9,14H2,1H3. The van der Waals surface area contributed by atoms with E-state index in [1.807, 2.05) is 43.6 Å². The van der Waals surface area contributed by atoms with Crippen molar-refractivity contribution in [3.63, 3.8) is 0 Å². The van der Waals surface area contributed by atoms with Crippen LogP contribution in [-0.2, 0) is 11.3 Å². The number of halogens is 1. The first-order valence-corrected chi connectivity index (χ1v) is 8.87. The average molecular weight is 360 g/mol. The Morgan fingerprint density at radius 3 is 2.68 bits per heavy atom. The molecule has 0 bridgehead atoms. The maximum Gasteiger partial charge on any atom is 0.409 e. The summed E-state index contributed by atoms with van der Waals surface area (Å²) < 4.78 is 5.06. The van der Waals surface area contributed by atoms with Crippen LogP contribution in [0.4, 0.5) is 4.79 Å². The minimum absolute atomic E-state index is 0.216. The van der Waals surface area contributed by atoms with Gasteiger partial charge >= 0.3 is 6.09 Å². The number of carbonyl (C=O) groups excluding carboxylic acids is 1. The van der Waals surface area contributed by atoms with Crippen LogP contribution in [0.1, 0.15) is 12.5 Å². The Balaban J connectivity index is 1.61. The zero-order valence-electron chi connectivity index (χ0n) is 14.3. The first-order valence-electron chi connectivity index (χ1n) is 8.49. The number of nitrogens with zero attached hydrogens (tertiary/aromatic N) is 3. The summed E-state index contributed by atoms with van der Waals surface area (Å²) in [5.41, 5.74) is 3.28. The number of hydrogen-bond donors (Lipinski definition) is 0. The van der Waals surface area contributed by atoms with Gasteiger partial charge in [0.15, 0.2) is 0 Å². The highest BCUT2D eigenvalue weighted by Gasteiger charge is 2.21. The number of pyridine rings is 1. The van der Waals surface area contributed by atoms with Crippen molar-refractivity contribution in [2.45, 2.75) is 13.5 Å². The number of carbonyl (C=O) groups is 1. The first-order chi connectivity index (χ1) is 12.2. The Morgan fingerprint density at radius 1 is 1.16 bits per heavy atom. The lowest BCUT2D eigenvalue weighted by Crippen LogP contribution is -2.48. The molecule has 2 heterocycles. The molecule has 0 radical (unpaired) electrons. The van der Waals surface area contributed by atoms with Crippen LogP contribution in [-0.4, -0.2) is 53.7 Å². The van der Waals surface area contributed by atoms with Crippen molar-refractivity contribution in [2.75, 3.05) is 32.8 Å². The van der Waals surface area contributed by atoms with Crippen LogP contribution < -0.4 is 0 Å². The molecule has 0 saturated carbocycles. The molecule has 0 unspecified atom stereocenters. The lowest BCUT2D eigenvalue weighted by Gasteiger charge is -2.34. The number of hydrogen-bond acceptors (Lipinski definition) is 4. The van der Waals surface area contributed by atoms with E-state index in [-0.39, 0.29) is 6.09 Å². The van der Waals surface area contributed by atoms with Crippen LogP contribution in [0.5, 0.6) is 0 Å². The zero-order chi connectivity index (χ0) is 17.6. The van der Waals surface area contributed by atoms with E-state index in [0.29, 0.717) is 19.7 Å². The molecule has 1 aliphatic rings. The number of benzene rings is 1. The van der Waals surface area contributed by atoms with Gasteiger partial charge in [-0.15, -0.1) is 0 Å². The van der Waals surface area contributed by atoms with E-state index in [9.17, 15) is 4.79 Å². The van der Waals surface area contributed by atoms with Crippen LogP contribution in [0, 0.1) is 0 Å². The molecule has 5 nitrogen and oxygen atoms in total. The zero-order valence-corrected chi connectivity index (χ0v) is 15.1. The number of ether oxygens (including phenoxy) is 1. The summed E-state index contributed by atoms with van der Waals surface area (Å²) in [6.45, 7) is 6.12. The van der Waals surface area contributed by atoms with Crippen molar-refractivity contribution >= 4 is 17.7 Å². The summed E-state index contributed by atoms with van der Waals surface area (Å²) in [7, 11) is 0. The number of aromatic nitrogens is 1. The lowest BCUT2D eigenvalue weighted by atomic mass is 10.1. The maximum atomic E-state index is 11.8. The van der Waals surface area contributed by atoms with E-state index in [2.05, 4.69) is 16.0 Å². The molecule has 0 spiro atoms. The molecule has 1 aliphatic heterocycles. The number of amides is 1. The summed E-state index contributed by atoms with van der Waals surface area (Å²) in [5.74, 6) is 0. The molecular formula is C19H22ClN3O2. The molecule has 25 heavy (non-hydrogen) atoms. The molecule has 3 rings (SSSR count). The Hall–Kier alpha value is -2.11. The van der Waals surface area contributed by atoms with Gasteiger partial charge in [0.2, 0.25) is 0 Å². The van der Waals surface area contributed by atoms with Gasteiger partial charge < -0.3 is 9.64 Å². The minimum atomic E-state index is -0.216. The number of piperazine rings is 1. The second-order valence-electron chi connectivity index (χ2n) is 6.05. The molecule has 1 aromatic carbocycles. The van der Waals surface area contributed by atoms with Gasteiger partial charge in [-0.25, -0.2) is 4.79 Å². The second kappa shape index (κ2) is 8.32. The van der Waals surface area contributed by atoms with Crippen LogP contribution in [0.2, 0.25) is 5.02 Å². The van der Waals surface area contributed by atoms with Gasteiger partial charge in [0.05, 0.1) is 6.61 Å². The monoisotopic (exact) mass is 359 g/mol. The Bertz CT molecular complexity index is 730. The van der Waals surface area contributed by atoms with Crippen LogP contribution in [0.3, 0.4) is 0 Å². The molecule has 132 valence electrons. The predicted molar refractivity (Wildman–Crippen MR) is 98.6 cm³/mol. The fraction of sp³-hybridized carbons (Fsp3) is 0.368. The van der Waals surface area contributed by atoms with Crippen LogP contribution in [0.25, 0.3) is 11.1 Å². The van der Waals surface area contributed by atoms with Gasteiger partial charge in [0.1, 0.15) is 0 Å². The minimum Gasteiger partial charge on any atom is -0.450 e. The smallest absolute Gasteiger partial charge is 0.409 e. The van der Waals surface area contributed by atoms with Gasteiger partial charge in [0, 0.05) is 55.7 Å². The summed E-state index contributed by atoms with van der Waals surface area (Å²) in [6.07, 6.45) is 3.53. The quantitative estimate of drug-likeness (QED) is 0.835. The molecule has 6 heteroatoms. The van der Waals surface area contributed by atoms with Crippen molar-refractivity contribution in [1.29, 1.82) is 0 Å². The highest BCUT2D eigenvalue weighted by Crippen LogP contribution is 2.23. The van der Waals surface area contributed by atoms with Gasteiger partial charge in [-0.1, -0.05) is 23.7 Å². The normalized spacial score (nSPS) is 15.2. The summed E-state index contributed by atoms with van der Waals surface area (Å²) in [5, 5.41) is 0.720. The van der Waals surface area contributed by atoms with Crippen LogP contribution in [0.15, 0.2) is 42.7 Å². The Labute approximate surface area is 153 Å². The number of rotatable bonds is 4. The second-order valence-corrected chi connectivity index (χ2v) is 6.49. The molecule has 0 N–H and O–H groups in total. The topological polar surface area (TPSA) is 45.7 Å². The molecule has 1 fully saturated rings. The van der Waals surface area contributed by atoms with Gasteiger partial charge in [-0.05, 0) is 36.2 Å². The lowest BCUT2D eigenvalue weighted by molar-refractivity contribution is 0.0778. The van der Waals surface area contributed by atoms with Gasteiger partial charge in [-0.2, -0.15) is 0 Å². The van der Waals surface area contributed by atoms with Crippen LogP contribution >= 0.6 is 11.6 Å². The molecule has 0 atom stereocenters. The predicted octanol–water partition coefficient (Wildman–Crippen LogP) is 3.68. The Morgan fingerprint density at radius 2 is 1.96 bits per heavy atom. The molecule has 1 saturated heterocycles. The molecule has 1 amide bonds. The van der Waals surface area contributed by atoms with Crippen molar-refractivity contribution in [1.82, 2.24) is 14.8 Å². The third-order valence-corrected chi connectivity index (χ3v) is 4.49. The summed E-state index contributed by atoms with van der Waals surface area (Å²) in [4.78, 5) is 20.2. The van der Waals surface area contributed by atoms with Crippen molar-refractivity contribution < 1.29 is 9.53 Å². The van der Waals surface area contributed by atoms with E-state index in [1.54, 1.807) is 4.90 Å². The fourth-order valence-electron chi connectivity index (χ4n) is 2.96. The highest BCUT2D eigenvalue weighted by atomic mass is 35.5. The van der Waals surface area contributed by atoms with E-state index in [1.165, 1.54) is 0 Å². The fourth-order valence-corrected chi connectivity index (χ4v) is 3.15. The molecule has 1 aromatic heterocycles. The molecule has 0 aliphatic carbocycles. The maximum absolute atomic E-state index is 11.8. The van der Waals surface area contributed by atoms with E-state index in [4.69, 9.17) is 16.3 Å². The third kappa shape index (κ3) is 4.71. The SMILES string of the molecule is CCOC(=O)N1CCN(Cc2cncc(-c3cccc(Cl)c3)c2)CC1. The summed E-state index contributed by atoms with van der Waals surface area (Å²) in [6, 6.07) is 9.94. The van der Waals surface area contributed by atoms with Gasteiger partial charge in [0.25, 0.3) is 0 Å². The van der Waals surface area contributed by atoms with E-state index >= 15 is 0 Å². The largest absolute Gasteiger partial charge is 0.450 e. The Kier molecular flexibility index (Phi) is 5.89. The van der Waals surface area contributed by atoms with Gasteiger partial charge in [-0.3, -0.25) is 9.88 Å². The molecule has 2 aromatic rings. The third-order valence-electron chi connectivity index (χ3n) is 4.26. The average Bonchev–Trinajstić information content (AvgIpc) is 2.63. The van der Waals surface area contributed by atoms with Crippen molar-refractivity contribution in [3.05, 3.63) is 53.3 Å². The van der Waals surface area contributed by atoms with Crippen molar-refractivity contribution in [2.24, 2.45) is 0 Å². The van der Waals surface area contributed by atoms with Crippen molar-refractivity contribution in [3.8, 4) is 11.1 Å². The summed E-state index contributed by atoms with van der Waals surface area (Å²) >= 11 is 6.08. The first kappa shape index (κ1) is 17.7.